The van der Waals surface area contributed by atoms with Crippen LogP contribution in [0.25, 0.3) is 0 Å². The van der Waals surface area contributed by atoms with Gasteiger partial charge in [-0.15, -0.1) is 0 Å². The minimum Gasteiger partial charge on any atom is -0.324 e. The molecular weight excluding hydrogens is 208 g/mol. The van der Waals surface area contributed by atoms with E-state index in [4.69, 9.17) is 5.73 Å². The number of aromatic nitrogens is 1. The minimum absolute atomic E-state index is 0.0183. The Labute approximate surface area is 103 Å². The van der Waals surface area contributed by atoms with Gasteiger partial charge in [-0.3, -0.25) is 4.98 Å². The van der Waals surface area contributed by atoms with Crippen LogP contribution in [-0.2, 0) is 6.42 Å². The molecule has 0 aliphatic carbocycles. The van der Waals surface area contributed by atoms with Crippen molar-refractivity contribution < 1.29 is 0 Å². The van der Waals surface area contributed by atoms with Gasteiger partial charge in [0, 0.05) is 24.4 Å². The first-order valence-electron chi connectivity index (χ1n) is 5.89. The van der Waals surface area contributed by atoms with Crippen LogP contribution in [0.15, 0.2) is 42.6 Å². The third kappa shape index (κ3) is 2.92. The Bertz CT molecular complexity index is 492. The van der Waals surface area contributed by atoms with E-state index in [9.17, 15) is 0 Å². The smallest absolute Gasteiger partial charge is 0.0422 e. The Hall–Kier alpha value is -1.67. The van der Waals surface area contributed by atoms with Crippen LogP contribution in [0.1, 0.15) is 28.4 Å². The van der Waals surface area contributed by atoms with E-state index in [-0.39, 0.29) is 6.04 Å². The van der Waals surface area contributed by atoms with E-state index in [1.165, 1.54) is 16.7 Å². The highest BCUT2D eigenvalue weighted by molar-refractivity contribution is 5.33. The lowest BCUT2D eigenvalue weighted by molar-refractivity contribution is 0.701. The van der Waals surface area contributed by atoms with Gasteiger partial charge in [0.05, 0.1) is 0 Å². The average Bonchev–Trinajstić information content (AvgIpc) is 2.33. The molecule has 88 valence electrons. The van der Waals surface area contributed by atoms with Gasteiger partial charge < -0.3 is 5.73 Å². The molecule has 2 aromatic rings. The number of nitrogens with zero attached hydrogens (tertiary/aromatic N) is 1. The zero-order valence-corrected chi connectivity index (χ0v) is 10.4. The van der Waals surface area contributed by atoms with Crippen LogP contribution < -0.4 is 5.73 Å². The molecular formula is C15H18N2. The maximum Gasteiger partial charge on any atom is 0.0422 e. The number of rotatable bonds is 3. The molecule has 17 heavy (non-hydrogen) atoms. The molecule has 2 nitrogen and oxygen atoms in total. The van der Waals surface area contributed by atoms with Crippen molar-refractivity contribution >= 4 is 0 Å². The fourth-order valence-corrected chi connectivity index (χ4v) is 2.01. The number of hydrogen-bond acceptors (Lipinski definition) is 2. The molecule has 1 aromatic heterocycles. The fourth-order valence-electron chi connectivity index (χ4n) is 2.01. The normalized spacial score (nSPS) is 12.4. The Balaban J connectivity index is 2.20. The van der Waals surface area contributed by atoms with E-state index in [1.54, 1.807) is 0 Å². The number of aryl methyl sites for hydroxylation is 2. The second-order valence-corrected chi connectivity index (χ2v) is 4.49. The molecule has 1 heterocycles. The first kappa shape index (κ1) is 11.8. The molecule has 0 aliphatic rings. The van der Waals surface area contributed by atoms with Crippen molar-refractivity contribution in [3.05, 3.63) is 65.0 Å². The van der Waals surface area contributed by atoms with Crippen LogP contribution in [0, 0.1) is 13.8 Å². The lowest BCUT2D eigenvalue weighted by Crippen LogP contribution is -2.15. The van der Waals surface area contributed by atoms with Gasteiger partial charge >= 0.3 is 0 Å². The van der Waals surface area contributed by atoms with Crippen molar-refractivity contribution in [1.29, 1.82) is 0 Å². The molecule has 0 radical (unpaired) electrons. The molecule has 0 bridgehead atoms. The van der Waals surface area contributed by atoms with Gasteiger partial charge in [-0.2, -0.15) is 0 Å². The van der Waals surface area contributed by atoms with Crippen molar-refractivity contribution in [1.82, 2.24) is 4.98 Å². The summed E-state index contributed by atoms with van der Waals surface area (Å²) in [6.45, 7) is 4.20. The number of nitrogens with two attached hydrogens (primary N) is 1. The van der Waals surface area contributed by atoms with Crippen molar-refractivity contribution in [2.24, 2.45) is 5.73 Å². The predicted molar refractivity (Wildman–Crippen MR) is 70.8 cm³/mol. The van der Waals surface area contributed by atoms with E-state index in [1.807, 2.05) is 24.4 Å². The standard InChI is InChI=1S/C15H18N2/c1-11-6-7-12(2)14(9-11)15(16)10-13-5-3-4-8-17-13/h3-9,15H,10,16H2,1-2H3. The lowest BCUT2D eigenvalue weighted by Gasteiger charge is -2.15. The van der Waals surface area contributed by atoms with Gasteiger partial charge in [0.25, 0.3) is 0 Å². The van der Waals surface area contributed by atoms with E-state index in [2.05, 4.69) is 37.0 Å². The van der Waals surface area contributed by atoms with Gasteiger partial charge in [-0.1, -0.05) is 29.8 Å². The van der Waals surface area contributed by atoms with E-state index in [0.29, 0.717) is 0 Å². The minimum atomic E-state index is 0.0183. The highest BCUT2D eigenvalue weighted by Crippen LogP contribution is 2.20. The predicted octanol–water partition coefficient (Wildman–Crippen LogP) is 2.94. The van der Waals surface area contributed by atoms with Crippen LogP contribution in [0.3, 0.4) is 0 Å². The van der Waals surface area contributed by atoms with Crippen molar-refractivity contribution in [2.45, 2.75) is 26.3 Å². The molecule has 0 spiro atoms. The zero-order valence-electron chi connectivity index (χ0n) is 10.4. The van der Waals surface area contributed by atoms with Gasteiger partial charge in [-0.05, 0) is 37.1 Å². The van der Waals surface area contributed by atoms with E-state index < -0.39 is 0 Å². The highest BCUT2D eigenvalue weighted by Gasteiger charge is 2.10. The summed E-state index contributed by atoms with van der Waals surface area (Å²) in [7, 11) is 0. The van der Waals surface area contributed by atoms with E-state index >= 15 is 0 Å². The molecule has 0 saturated heterocycles. The third-order valence-electron chi connectivity index (χ3n) is 2.99. The maximum absolute atomic E-state index is 6.26. The molecule has 0 fully saturated rings. The third-order valence-corrected chi connectivity index (χ3v) is 2.99. The summed E-state index contributed by atoms with van der Waals surface area (Å²) in [4.78, 5) is 4.32. The van der Waals surface area contributed by atoms with Gasteiger partial charge in [0.2, 0.25) is 0 Å². The van der Waals surface area contributed by atoms with E-state index in [0.717, 1.165) is 12.1 Å². The van der Waals surface area contributed by atoms with Crippen LogP contribution >= 0.6 is 0 Å². The molecule has 0 aliphatic heterocycles. The van der Waals surface area contributed by atoms with Crippen LogP contribution in [-0.4, -0.2) is 4.98 Å². The molecule has 1 atom stereocenters. The number of hydrogen-bond donors (Lipinski definition) is 1. The monoisotopic (exact) mass is 226 g/mol. The SMILES string of the molecule is Cc1ccc(C)c(C(N)Cc2ccccn2)c1. The molecule has 2 rings (SSSR count). The molecule has 2 N–H and O–H groups in total. The molecule has 2 heteroatoms. The summed E-state index contributed by atoms with van der Waals surface area (Å²) in [6.07, 6.45) is 2.59. The quantitative estimate of drug-likeness (QED) is 0.874. The fraction of sp³-hybridized carbons (Fsp3) is 0.267. The largest absolute Gasteiger partial charge is 0.324 e. The Morgan fingerprint density at radius 3 is 2.71 bits per heavy atom. The molecule has 0 amide bonds. The second-order valence-electron chi connectivity index (χ2n) is 4.49. The topological polar surface area (TPSA) is 38.9 Å². The van der Waals surface area contributed by atoms with Crippen molar-refractivity contribution in [2.75, 3.05) is 0 Å². The van der Waals surface area contributed by atoms with Crippen LogP contribution in [0.5, 0.6) is 0 Å². The highest BCUT2D eigenvalue weighted by atomic mass is 14.7. The second kappa shape index (κ2) is 5.11. The summed E-state index contributed by atoms with van der Waals surface area (Å²) in [6, 6.07) is 12.4. The Kier molecular flexibility index (Phi) is 3.55. The van der Waals surface area contributed by atoms with Crippen LogP contribution in [0.2, 0.25) is 0 Å². The summed E-state index contributed by atoms with van der Waals surface area (Å²) in [5, 5.41) is 0. The maximum atomic E-state index is 6.26. The number of pyridine rings is 1. The Morgan fingerprint density at radius 1 is 1.18 bits per heavy atom. The summed E-state index contributed by atoms with van der Waals surface area (Å²) in [5.41, 5.74) is 11.0. The van der Waals surface area contributed by atoms with Gasteiger partial charge in [0.1, 0.15) is 0 Å². The van der Waals surface area contributed by atoms with Crippen molar-refractivity contribution in [3.8, 4) is 0 Å². The van der Waals surface area contributed by atoms with Crippen LogP contribution in [0.4, 0.5) is 0 Å². The molecule has 1 aromatic carbocycles. The first-order chi connectivity index (χ1) is 8.16. The zero-order chi connectivity index (χ0) is 12.3. The number of benzene rings is 1. The summed E-state index contributed by atoms with van der Waals surface area (Å²) in [5.74, 6) is 0. The van der Waals surface area contributed by atoms with Crippen molar-refractivity contribution in [3.63, 3.8) is 0 Å². The first-order valence-corrected chi connectivity index (χ1v) is 5.89. The van der Waals surface area contributed by atoms with Gasteiger partial charge in [0.15, 0.2) is 0 Å². The summed E-state index contributed by atoms with van der Waals surface area (Å²) >= 11 is 0. The average molecular weight is 226 g/mol. The lowest BCUT2D eigenvalue weighted by atomic mass is 9.96. The molecule has 0 saturated carbocycles. The summed E-state index contributed by atoms with van der Waals surface area (Å²) < 4.78 is 0. The Morgan fingerprint density at radius 2 is 2.00 bits per heavy atom. The molecule has 1 unspecified atom stereocenters. The van der Waals surface area contributed by atoms with Gasteiger partial charge in [-0.25, -0.2) is 0 Å².